The van der Waals surface area contributed by atoms with Gasteiger partial charge in [0.25, 0.3) is 0 Å². The number of esters is 1. The van der Waals surface area contributed by atoms with Gasteiger partial charge in [0.2, 0.25) is 11.7 Å². The van der Waals surface area contributed by atoms with Crippen LogP contribution in [0, 0.1) is 0 Å². The molecule has 1 N–H and O–H groups in total. The average molecular weight is 642 g/mol. The number of ether oxygens (including phenoxy) is 3. The lowest BCUT2D eigenvalue weighted by atomic mass is 9.78. The highest BCUT2D eigenvalue weighted by Gasteiger charge is 2.23. The minimum atomic E-state index is -0.990. The van der Waals surface area contributed by atoms with Crippen LogP contribution < -0.4 is 14.8 Å². The van der Waals surface area contributed by atoms with E-state index in [9.17, 15) is 14.4 Å². The molecule has 0 saturated carbocycles. The third-order valence-electron chi connectivity index (χ3n) is 8.07. The van der Waals surface area contributed by atoms with Crippen LogP contribution in [0.2, 0.25) is 0 Å². The molecule has 0 aliphatic carbocycles. The van der Waals surface area contributed by atoms with Gasteiger partial charge in [-0.3, -0.25) is 14.4 Å². The van der Waals surface area contributed by atoms with Gasteiger partial charge in [-0.15, -0.1) is 0 Å². The van der Waals surface area contributed by atoms with E-state index in [-0.39, 0.29) is 29.9 Å². The van der Waals surface area contributed by atoms with Gasteiger partial charge in [-0.2, -0.15) is 0 Å². The van der Waals surface area contributed by atoms with E-state index in [2.05, 4.69) is 43.4 Å². The van der Waals surface area contributed by atoms with Gasteiger partial charge in [0, 0.05) is 23.1 Å². The van der Waals surface area contributed by atoms with Crippen LogP contribution in [0.1, 0.15) is 60.7 Å². The Morgan fingerprint density at radius 2 is 1.19 bits per heavy atom. The molecule has 5 aromatic rings. The van der Waals surface area contributed by atoms with Gasteiger partial charge < -0.3 is 19.5 Å². The third kappa shape index (κ3) is 9.19. The van der Waals surface area contributed by atoms with Crippen molar-refractivity contribution in [3.05, 3.63) is 156 Å². The molecule has 1 unspecified atom stereocenters. The van der Waals surface area contributed by atoms with Crippen molar-refractivity contribution in [1.82, 2.24) is 0 Å². The summed E-state index contributed by atoms with van der Waals surface area (Å²) in [5, 5.41) is 2.77. The summed E-state index contributed by atoms with van der Waals surface area (Å²) < 4.78 is 17.1. The van der Waals surface area contributed by atoms with Crippen molar-refractivity contribution in [3.63, 3.8) is 0 Å². The molecule has 0 saturated heterocycles. The molecule has 0 heterocycles. The predicted octanol–water partition coefficient (Wildman–Crippen LogP) is 8.92. The van der Waals surface area contributed by atoms with E-state index in [1.165, 1.54) is 18.1 Å². The molecule has 0 radical (unpaired) electrons. The fourth-order valence-corrected chi connectivity index (χ4v) is 5.14. The van der Waals surface area contributed by atoms with E-state index in [4.69, 9.17) is 14.2 Å². The molecule has 0 bridgehead atoms. The molecule has 0 aromatic heterocycles. The van der Waals surface area contributed by atoms with Crippen LogP contribution in [0.4, 0.5) is 5.69 Å². The van der Waals surface area contributed by atoms with Gasteiger partial charge >= 0.3 is 5.97 Å². The normalized spacial score (nSPS) is 11.6. The molecule has 0 spiro atoms. The van der Waals surface area contributed by atoms with E-state index in [1.807, 2.05) is 60.7 Å². The van der Waals surface area contributed by atoms with E-state index < -0.39 is 12.1 Å². The Morgan fingerprint density at radius 1 is 0.646 bits per heavy atom. The zero-order valence-electron chi connectivity index (χ0n) is 27.3. The maximum absolute atomic E-state index is 12.8. The van der Waals surface area contributed by atoms with Gasteiger partial charge in [-0.05, 0) is 84.3 Å². The zero-order chi connectivity index (χ0) is 33.9. The minimum absolute atomic E-state index is 0.0862. The van der Waals surface area contributed by atoms with Gasteiger partial charge in [0.1, 0.15) is 23.9 Å². The lowest BCUT2D eigenvalue weighted by molar-refractivity contribution is -0.147. The number of anilines is 1. The largest absolute Gasteiger partial charge is 0.489 e. The second kappa shape index (κ2) is 15.7. The summed E-state index contributed by atoms with van der Waals surface area (Å²) in [5.74, 6) is 0.645. The van der Waals surface area contributed by atoms with Crippen molar-refractivity contribution >= 4 is 23.3 Å². The van der Waals surface area contributed by atoms with E-state index in [0.29, 0.717) is 35.1 Å². The highest BCUT2D eigenvalue weighted by atomic mass is 16.5. The molecule has 0 aliphatic rings. The van der Waals surface area contributed by atoms with Crippen molar-refractivity contribution in [1.29, 1.82) is 0 Å². The Kier molecular flexibility index (Phi) is 11.0. The van der Waals surface area contributed by atoms with E-state index in [0.717, 1.165) is 5.56 Å². The number of amides is 1. The molecule has 1 amide bonds. The number of Topliss-reactive ketones (excluding diaryl/α,β-unsaturated/α-hetero) is 1. The molecule has 7 nitrogen and oxygen atoms in total. The first-order chi connectivity index (χ1) is 23.2. The molecule has 244 valence electrons. The van der Waals surface area contributed by atoms with Crippen molar-refractivity contribution in [2.75, 3.05) is 5.32 Å². The third-order valence-corrected chi connectivity index (χ3v) is 8.07. The molecule has 7 heteroatoms. The first kappa shape index (κ1) is 33.7. The smallest absolute Gasteiger partial charge is 0.307 e. The summed E-state index contributed by atoms with van der Waals surface area (Å²) in [7, 11) is 0. The Labute approximate surface area is 281 Å². The summed E-state index contributed by atoms with van der Waals surface area (Å²) >= 11 is 0. The fourth-order valence-electron chi connectivity index (χ4n) is 5.14. The predicted molar refractivity (Wildman–Crippen MR) is 186 cm³/mol. The van der Waals surface area contributed by atoms with Gasteiger partial charge in [-0.1, -0.05) is 86.6 Å². The number of benzene rings is 5. The van der Waals surface area contributed by atoms with Crippen LogP contribution in [0.25, 0.3) is 0 Å². The highest BCUT2D eigenvalue weighted by molar-refractivity contribution is 6.00. The maximum atomic E-state index is 12.8. The standard InChI is InChI=1S/C41H39NO6/c1-29(40(45)31-14-20-35(21-15-31)46-28-30-10-6-4-7-11-30)47-39(44)27-26-38(43)42-34-18-24-37(25-19-34)48-36-22-16-33(17-23-36)41(2,3)32-12-8-5-9-13-32/h4-25,29H,26-28H2,1-3H3,(H,42,43). The number of hydrogen-bond donors (Lipinski definition) is 1. The summed E-state index contributed by atoms with van der Waals surface area (Å²) in [6, 6.07) is 41.9. The van der Waals surface area contributed by atoms with Crippen molar-refractivity contribution in [2.45, 2.75) is 51.7 Å². The minimum Gasteiger partial charge on any atom is -0.489 e. The Hall–Kier alpha value is -5.69. The number of ketones is 1. The Bertz CT molecular complexity index is 1800. The van der Waals surface area contributed by atoms with Gasteiger partial charge in [-0.25, -0.2) is 0 Å². The molecule has 48 heavy (non-hydrogen) atoms. The molecular weight excluding hydrogens is 602 g/mol. The molecule has 1 atom stereocenters. The molecule has 5 aromatic carbocycles. The van der Waals surface area contributed by atoms with Crippen LogP contribution in [0.5, 0.6) is 17.2 Å². The number of hydrogen-bond acceptors (Lipinski definition) is 6. The first-order valence-corrected chi connectivity index (χ1v) is 15.9. The zero-order valence-corrected chi connectivity index (χ0v) is 27.3. The molecule has 0 aliphatic heterocycles. The van der Waals surface area contributed by atoms with Gasteiger partial charge in [0.05, 0.1) is 6.42 Å². The Morgan fingerprint density at radius 3 is 1.81 bits per heavy atom. The first-order valence-electron chi connectivity index (χ1n) is 15.9. The number of carbonyl (C=O) groups excluding carboxylic acids is 3. The van der Waals surface area contributed by atoms with Crippen LogP contribution in [-0.4, -0.2) is 23.8 Å². The van der Waals surface area contributed by atoms with Gasteiger partial charge in [0.15, 0.2) is 6.10 Å². The fraction of sp³-hybridized carbons (Fsp3) is 0.195. The van der Waals surface area contributed by atoms with E-state index in [1.54, 1.807) is 48.5 Å². The van der Waals surface area contributed by atoms with Crippen LogP contribution in [0.15, 0.2) is 133 Å². The Balaban J connectivity index is 1.03. The monoisotopic (exact) mass is 641 g/mol. The molecule has 0 fully saturated rings. The van der Waals surface area contributed by atoms with Crippen molar-refractivity contribution in [3.8, 4) is 17.2 Å². The summed E-state index contributed by atoms with van der Waals surface area (Å²) in [6.07, 6.45) is -1.23. The summed E-state index contributed by atoms with van der Waals surface area (Å²) in [6.45, 7) is 6.32. The maximum Gasteiger partial charge on any atom is 0.307 e. The van der Waals surface area contributed by atoms with Crippen LogP contribution >= 0.6 is 0 Å². The summed E-state index contributed by atoms with van der Waals surface area (Å²) in [5.41, 5.74) is 4.28. The van der Waals surface area contributed by atoms with Crippen LogP contribution in [-0.2, 0) is 26.3 Å². The summed E-state index contributed by atoms with van der Waals surface area (Å²) in [4.78, 5) is 37.7. The van der Waals surface area contributed by atoms with Crippen molar-refractivity contribution < 1.29 is 28.6 Å². The SMILES string of the molecule is CC(OC(=O)CCC(=O)Nc1ccc(Oc2ccc(C(C)(C)c3ccccc3)cc2)cc1)C(=O)c1ccc(OCc2ccccc2)cc1. The number of rotatable bonds is 14. The van der Waals surface area contributed by atoms with E-state index >= 15 is 0 Å². The lowest BCUT2D eigenvalue weighted by Crippen LogP contribution is -2.25. The lowest BCUT2D eigenvalue weighted by Gasteiger charge is -2.26. The second-order valence-corrected chi connectivity index (χ2v) is 12.0. The topological polar surface area (TPSA) is 90.9 Å². The van der Waals surface area contributed by atoms with Crippen LogP contribution in [0.3, 0.4) is 0 Å². The average Bonchev–Trinajstić information content (AvgIpc) is 3.11. The number of nitrogens with one attached hydrogen (secondary N) is 1. The van der Waals surface area contributed by atoms with Crippen molar-refractivity contribution in [2.24, 2.45) is 0 Å². The molecular formula is C41H39NO6. The second-order valence-electron chi connectivity index (χ2n) is 12.0. The number of carbonyl (C=O) groups is 3. The quantitative estimate of drug-likeness (QED) is 0.0962. The highest BCUT2D eigenvalue weighted by Crippen LogP contribution is 2.33. The molecule has 5 rings (SSSR count).